The zero-order chi connectivity index (χ0) is 33.1. The number of halogens is 1. The van der Waals surface area contributed by atoms with Gasteiger partial charge in [-0.1, -0.05) is 61.1 Å². The van der Waals surface area contributed by atoms with Crippen LogP contribution < -0.4 is 4.40 Å². The number of pyridine rings is 2. The maximum atomic E-state index is 15.4. The summed E-state index contributed by atoms with van der Waals surface area (Å²) in [7, 11) is 0. The minimum Gasteiger partial charge on any atom is 0 e. The normalized spacial score (nSPS) is 13.2. The molecule has 0 spiro atoms. The monoisotopic (exact) mass is 901 g/mol. The van der Waals surface area contributed by atoms with E-state index in [1.807, 2.05) is 60.8 Å². The summed E-state index contributed by atoms with van der Waals surface area (Å²) in [6, 6.07) is 41.3. The van der Waals surface area contributed by atoms with Gasteiger partial charge in [-0.3, -0.25) is 4.39 Å². The standard InChI is InChI=1S/C23H19FNS.C20H20GeN.Ir/c24-23-17(9-10-21-22(23)18-7-3-4-8-20(18)26-21)19-14-16(11-12-25-19)13-15-5-1-2-6-15;1-21(2,3)19-15-22-20(17-12-8-5-9-13-17)14-18(19)16-10-6-4-7-11-16;/h3-4,7-8,10-12,14-15H,1-2,5-6,13H2;4-12,14-15H,1-3H3;/q2*-1;. The Morgan fingerprint density at radius 3 is 2.33 bits per heavy atom. The van der Waals surface area contributed by atoms with Crippen LogP contribution in [-0.2, 0) is 26.5 Å². The fourth-order valence-electron chi connectivity index (χ4n) is 6.80. The molecule has 1 fully saturated rings. The molecule has 0 bridgehead atoms. The van der Waals surface area contributed by atoms with Crippen molar-refractivity contribution < 1.29 is 24.5 Å². The molecule has 0 saturated heterocycles. The second kappa shape index (κ2) is 15.6. The van der Waals surface area contributed by atoms with Crippen LogP contribution in [-0.4, -0.2) is 23.2 Å². The number of hydrogen-bond donors (Lipinski definition) is 0. The molecular weight excluding hydrogens is 860 g/mol. The van der Waals surface area contributed by atoms with Gasteiger partial charge in [0.15, 0.2) is 0 Å². The Morgan fingerprint density at radius 1 is 0.816 bits per heavy atom. The van der Waals surface area contributed by atoms with Crippen LogP contribution in [0.15, 0.2) is 116 Å². The number of aromatic nitrogens is 2. The van der Waals surface area contributed by atoms with Gasteiger partial charge in [0.2, 0.25) is 0 Å². The molecule has 1 aliphatic rings. The van der Waals surface area contributed by atoms with Crippen LogP contribution in [0.2, 0.25) is 17.3 Å². The van der Waals surface area contributed by atoms with Crippen molar-refractivity contribution in [3.63, 3.8) is 0 Å². The largest absolute Gasteiger partial charge is 0 e. The van der Waals surface area contributed by atoms with E-state index in [2.05, 4.69) is 89.1 Å². The molecule has 2 nitrogen and oxygen atoms in total. The number of nitrogens with zero attached hydrogens (tertiary/aromatic N) is 2. The van der Waals surface area contributed by atoms with E-state index >= 15 is 4.39 Å². The fraction of sp³-hybridized carbons (Fsp3) is 0.209. The first-order valence-electron chi connectivity index (χ1n) is 16.8. The topological polar surface area (TPSA) is 25.8 Å². The van der Waals surface area contributed by atoms with Crippen molar-refractivity contribution in [3.8, 4) is 33.6 Å². The Kier molecular flexibility index (Phi) is 11.3. The summed E-state index contributed by atoms with van der Waals surface area (Å²) in [5.41, 5.74) is 7.07. The molecule has 4 aromatic carbocycles. The van der Waals surface area contributed by atoms with Crippen LogP contribution in [0.1, 0.15) is 31.2 Å². The van der Waals surface area contributed by atoms with Gasteiger partial charge in [0.05, 0.1) is 0 Å². The smallest absolute Gasteiger partial charge is 0 e. The van der Waals surface area contributed by atoms with Crippen molar-refractivity contribution in [1.29, 1.82) is 0 Å². The van der Waals surface area contributed by atoms with Crippen molar-refractivity contribution in [2.24, 2.45) is 5.92 Å². The van der Waals surface area contributed by atoms with Gasteiger partial charge in [-0.2, -0.15) is 11.3 Å². The summed E-state index contributed by atoms with van der Waals surface area (Å²) in [4.78, 5) is 9.17. The first-order chi connectivity index (χ1) is 23.3. The zero-order valence-electron chi connectivity index (χ0n) is 28.1. The van der Waals surface area contributed by atoms with E-state index in [-0.39, 0.29) is 25.9 Å². The number of fused-ring (bicyclic) bond motifs is 3. The van der Waals surface area contributed by atoms with Gasteiger partial charge in [-0.05, 0) is 45.6 Å². The molecule has 49 heavy (non-hydrogen) atoms. The molecule has 3 aromatic heterocycles. The number of rotatable bonds is 6. The van der Waals surface area contributed by atoms with Crippen molar-refractivity contribution in [1.82, 2.24) is 9.97 Å². The molecule has 8 rings (SSSR count). The Morgan fingerprint density at radius 2 is 1.57 bits per heavy atom. The van der Waals surface area contributed by atoms with Crippen LogP contribution in [0.5, 0.6) is 0 Å². The quantitative estimate of drug-likeness (QED) is 0.123. The molecule has 3 heterocycles. The van der Waals surface area contributed by atoms with Gasteiger partial charge in [-0.25, -0.2) is 0 Å². The predicted molar refractivity (Wildman–Crippen MR) is 204 cm³/mol. The molecular formula is C43H39FGeIrN2S-2. The molecule has 1 radical (unpaired) electrons. The van der Waals surface area contributed by atoms with Crippen molar-refractivity contribution in [3.05, 3.63) is 139 Å². The molecule has 0 atom stereocenters. The number of benzene rings is 4. The average Bonchev–Trinajstić information content (AvgIpc) is 3.77. The minimum absolute atomic E-state index is 0. The van der Waals surface area contributed by atoms with Gasteiger partial charge in [-0.15, -0.1) is 12.1 Å². The van der Waals surface area contributed by atoms with Gasteiger partial charge in [0.1, 0.15) is 0 Å². The summed E-state index contributed by atoms with van der Waals surface area (Å²) >= 11 is -0.373. The molecule has 1 saturated carbocycles. The Balaban J connectivity index is 0.000000169. The third-order valence-corrected chi connectivity index (χ3v) is 14.6. The summed E-state index contributed by atoms with van der Waals surface area (Å²) in [6.45, 7) is 0. The molecule has 0 unspecified atom stereocenters. The van der Waals surface area contributed by atoms with Gasteiger partial charge in [0, 0.05) is 36.8 Å². The van der Waals surface area contributed by atoms with Crippen molar-refractivity contribution >= 4 is 49.2 Å². The Hall–Kier alpha value is -3.48. The second-order valence-electron chi connectivity index (χ2n) is 13.7. The average molecular weight is 900 g/mol. The Bertz CT molecular complexity index is 2170. The number of hydrogen-bond acceptors (Lipinski definition) is 3. The van der Waals surface area contributed by atoms with E-state index in [4.69, 9.17) is 4.98 Å². The number of thiophene rings is 1. The van der Waals surface area contributed by atoms with Crippen LogP contribution in [0, 0.1) is 23.9 Å². The SMILES string of the molecule is Fc1c(-c2cc(CC3CCCC3)ccn2)[c-]cc2sc3ccccc3c12.[CH3][Ge]([CH3])([CH3])[c]1cnc(-c2[c-]cccc2)cc1-c1ccccc1.[Ir]. The predicted octanol–water partition coefficient (Wildman–Crippen LogP) is 11.5. The summed E-state index contributed by atoms with van der Waals surface area (Å²) in [6.07, 6.45) is 10.3. The first-order valence-corrected chi connectivity index (χ1v) is 25.0. The molecule has 249 valence electrons. The van der Waals surface area contributed by atoms with E-state index < -0.39 is 13.3 Å². The molecule has 7 aromatic rings. The fourth-order valence-corrected chi connectivity index (χ4v) is 11.0. The molecule has 1 aliphatic carbocycles. The van der Waals surface area contributed by atoms with E-state index in [0.717, 1.165) is 38.4 Å². The third-order valence-electron chi connectivity index (χ3n) is 9.27. The first kappa shape index (κ1) is 35.4. The molecule has 0 N–H and O–H groups in total. The van der Waals surface area contributed by atoms with E-state index in [1.54, 1.807) is 11.3 Å². The summed E-state index contributed by atoms with van der Waals surface area (Å²) in [5.74, 6) is 7.81. The zero-order valence-corrected chi connectivity index (χ0v) is 33.4. The van der Waals surface area contributed by atoms with Crippen LogP contribution >= 0.6 is 11.3 Å². The maximum Gasteiger partial charge on any atom is 0 e. The molecule has 6 heteroatoms. The van der Waals surface area contributed by atoms with E-state index in [1.165, 1.54) is 46.8 Å². The Labute approximate surface area is 309 Å². The van der Waals surface area contributed by atoms with E-state index in [0.29, 0.717) is 16.6 Å². The molecule has 0 aliphatic heterocycles. The van der Waals surface area contributed by atoms with Crippen molar-refractivity contribution in [2.45, 2.75) is 49.4 Å². The minimum atomic E-state index is -1.99. The second-order valence-corrected chi connectivity index (χ2v) is 25.4. The third kappa shape index (κ3) is 7.97. The van der Waals surface area contributed by atoms with Gasteiger partial charge in [0.25, 0.3) is 0 Å². The van der Waals surface area contributed by atoms with Crippen LogP contribution in [0.4, 0.5) is 4.39 Å². The van der Waals surface area contributed by atoms with Crippen LogP contribution in [0.3, 0.4) is 0 Å². The maximum absolute atomic E-state index is 15.4. The summed E-state index contributed by atoms with van der Waals surface area (Å²) < 4.78 is 18.9. The molecule has 0 amide bonds. The van der Waals surface area contributed by atoms with Crippen LogP contribution in [0.25, 0.3) is 53.8 Å². The van der Waals surface area contributed by atoms with Crippen molar-refractivity contribution in [2.75, 3.05) is 0 Å². The van der Waals surface area contributed by atoms with E-state index in [9.17, 15) is 0 Å². The summed E-state index contributed by atoms with van der Waals surface area (Å²) in [5, 5.41) is 1.67. The van der Waals surface area contributed by atoms with Gasteiger partial charge < -0.3 is 4.98 Å². The van der Waals surface area contributed by atoms with Gasteiger partial charge >= 0.3 is 135 Å².